The quantitative estimate of drug-likeness (QED) is 0.527. The van der Waals surface area contributed by atoms with Crippen molar-refractivity contribution in [3.8, 4) is 0 Å². The summed E-state index contributed by atoms with van der Waals surface area (Å²) >= 11 is 0. The Morgan fingerprint density at radius 2 is 2.00 bits per heavy atom. The van der Waals surface area contributed by atoms with Gasteiger partial charge in [-0.2, -0.15) is 5.71 Å². The summed E-state index contributed by atoms with van der Waals surface area (Å²) in [7, 11) is 0. The van der Waals surface area contributed by atoms with Crippen molar-refractivity contribution in [2.45, 2.75) is 64.6 Å². The maximum absolute atomic E-state index is 12.0. The summed E-state index contributed by atoms with van der Waals surface area (Å²) in [6, 6.07) is 0. The first-order chi connectivity index (χ1) is 11.7. The molecule has 1 N–H and O–H groups in total. The normalized spacial score (nSPS) is 47.5. The molecule has 0 unspecified atom stereocenters. The third kappa shape index (κ3) is 2.61. The largest absolute Gasteiger partial charge is 0.811 e. The molecule has 0 spiro atoms. The van der Waals surface area contributed by atoms with Crippen molar-refractivity contribution in [3.63, 3.8) is 0 Å². The van der Waals surface area contributed by atoms with Crippen LogP contribution in [0.1, 0.15) is 52.9 Å². The molecule has 2 heterocycles. The third-order valence-electron chi connectivity index (χ3n) is 7.88. The fourth-order valence-corrected chi connectivity index (χ4v) is 6.42. The van der Waals surface area contributed by atoms with Crippen molar-refractivity contribution < 1.29 is 40.4 Å². The smallest absolute Gasteiger partial charge is 0.336 e. The van der Waals surface area contributed by atoms with E-state index in [4.69, 9.17) is 9.47 Å². The van der Waals surface area contributed by atoms with Crippen LogP contribution >= 0.6 is 0 Å². The van der Waals surface area contributed by atoms with E-state index in [1.54, 1.807) is 0 Å². The fraction of sp³-hybridized carbons (Fsp3) is 0.800. The van der Waals surface area contributed by atoms with Crippen LogP contribution in [0.25, 0.3) is 5.41 Å². The topological polar surface area (TPSA) is 78.1 Å². The standard InChI is InChI=1S/C20H28NO4.Mo/c1-18-7-5-16(21)19(2,11-22)14(18)4-8-20(3)15(18)10-13(25-20)12-6-9-24-17(12)23;/h6,13-15,22H,4-5,7-11H2,1-3H3;/q-1;/t13-,14-,15-,18+,19-,20+;/m0./s1. The summed E-state index contributed by atoms with van der Waals surface area (Å²) in [4.78, 5) is 12.0. The van der Waals surface area contributed by atoms with E-state index in [1.165, 1.54) is 0 Å². The Kier molecular flexibility index (Phi) is 5.08. The number of hydrogen-bond acceptors (Lipinski definition) is 4. The Balaban J connectivity index is 0.00000196. The van der Waals surface area contributed by atoms with Crippen molar-refractivity contribution in [2.75, 3.05) is 13.2 Å². The molecule has 1 saturated heterocycles. The minimum Gasteiger partial charge on any atom is -0.811 e. The molecule has 4 aliphatic rings. The molecule has 3 fully saturated rings. The summed E-state index contributed by atoms with van der Waals surface area (Å²) in [6.45, 7) is 6.80. The molecule has 0 aromatic heterocycles. The van der Waals surface area contributed by atoms with Gasteiger partial charge in [-0.3, -0.25) is 0 Å². The number of esters is 1. The van der Waals surface area contributed by atoms with E-state index >= 15 is 0 Å². The summed E-state index contributed by atoms with van der Waals surface area (Å²) < 4.78 is 11.5. The molecule has 5 nitrogen and oxygen atoms in total. The third-order valence-corrected chi connectivity index (χ3v) is 7.88. The molecule has 0 radical (unpaired) electrons. The second kappa shape index (κ2) is 6.53. The number of carbonyl (C=O) groups excluding carboxylic acids is 1. The number of hydrogen-bond donors (Lipinski definition) is 1. The first kappa shape index (κ1) is 20.2. The number of carbonyl (C=O) groups is 1. The molecule has 2 aliphatic heterocycles. The van der Waals surface area contributed by atoms with Crippen LogP contribution in [0, 0.1) is 22.7 Å². The number of cyclic esters (lactones) is 1. The van der Waals surface area contributed by atoms with Crippen LogP contribution < -0.4 is 0 Å². The van der Waals surface area contributed by atoms with Crippen LogP contribution in [-0.2, 0) is 35.3 Å². The molecule has 0 amide bonds. The van der Waals surface area contributed by atoms with Gasteiger partial charge in [0.05, 0.1) is 23.9 Å². The van der Waals surface area contributed by atoms with Gasteiger partial charge in [-0.25, -0.2) is 4.79 Å². The summed E-state index contributed by atoms with van der Waals surface area (Å²) in [6.07, 6.45) is 5.81. The maximum atomic E-state index is 12.0. The van der Waals surface area contributed by atoms with Crippen molar-refractivity contribution in [3.05, 3.63) is 17.1 Å². The van der Waals surface area contributed by atoms with Crippen LogP contribution in [0.2, 0.25) is 0 Å². The fourth-order valence-electron chi connectivity index (χ4n) is 6.42. The molecular weight excluding hydrogens is 414 g/mol. The molecule has 6 heteroatoms. The van der Waals surface area contributed by atoms with E-state index in [-0.39, 0.29) is 56.7 Å². The zero-order valence-electron chi connectivity index (χ0n) is 15.8. The summed E-state index contributed by atoms with van der Waals surface area (Å²) in [5.41, 5.74) is 0.291. The van der Waals surface area contributed by atoms with Gasteiger partial charge in [0, 0.05) is 21.1 Å². The number of rotatable bonds is 2. The number of nitrogens with zero attached hydrogens (tertiary/aromatic N) is 1. The van der Waals surface area contributed by atoms with Gasteiger partial charge in [0.1, 0.15) is 6.61 Å². The zero-order valence-corrected chi connectivity index (χ0v) is 17.8. The van der Waals surface area contributed by atoms with Gasteiger partial charge in [0.2, 0.25) is 0 Å². The van der Waals surface area contributed by atoms with E-state index in [2.05, 4.69) is 13.8 Å². The monoisotopic (exact) mass is 444 g/mol. The van der Waals surface area contributed by atoms with Crippen molar-refractivity contribution in [2.24, 2.45) is 22.7 Å². The molecule has 0 aromatic carbocycles. The van der Waals surface area contributed by atoms with Crippen LogP contribution in [0.5, 0.6) is 0 Å². The molecule has 2 saturated carbocycles. The molecule has 2 aliphatic carbocycles. The molecule has 0 aromatic rings. The van der Waals surface area contributed by atoms with Gasteiger partial charge in [-0.15, -0.1) is 0 Å². The van der Waals surface area contributed by atoms with Crippen LogP contribution in [0.15, 0.2) is 11.6 Å². The Labute approximate surface area is 169 Å². The van der Waals surface area contributed by atoms with Gasteiger partial charge >= 0.3 is 5.97 Å². The van der Waals surface area contributed by atoms with Crippen molar-refractivity contribution >= 4 is 11.7 Å². The average Bonchev–Trinajstić information content (AvgIpc) is 3.15. The number of aliphatic hydroxyl groups is 1. The first-order valence-electron chi connectivity index (χ1n) is 9.46. The molecule has 4 rings (SSSR count). The minimum absolute atomic E-state index is 0. The van der Waals surface area contributed by atoms with Gasteiger partial charge in [0.15, 0.2) is 0 Å². The van der Waals surface area contributed by atoms with Crippen molar-refractivity contribution in [1.82, 2.24) is 0 Å². The molecule has 144 valence electrons. The van der Waals surface area contributed by atoms with Gasteiger partial charge in [-0.1, -0.05) is 20.3 Å². The van der Waals surface area contributed by atoms with Gasteiger partial charge in [-0.05, 0) is 61.3 Å². The predicted molar refractivity (Wildman–Crippen MR) is 94.1 cm³/mol. The van der Waals surface area contributed by atoms with Gasteiger partial charge < -0.3 is 20.0 Å². The second-order valence-corrected chi connectivity index (χ2v) is 9.08. The SMILES string of the molecule is C[C@@]12CCC(=[N-])[C@@](C)(CO)[C@H]1CC[C@@]1(C)O[C@H](C3=CCOC3=O)C[C@@H]21.[Mo]. The molecule has 0 bridgehead atoms. The van der Waals surface area contributed by atoms with Crippen LogP contribution in [0.3, 0.4) is 0 Å². The molecule has 6 atom stereocenters. The Morgan fingerprint density at radius 3 is 2.62 bits per heavy atom. The Morgan fingerprint density at radius 1 is 1.27 bits per heavy atom. The van der Waals surface area contributed by atoms with Crippen molar-refractivity contribution in [1.29, 1.82) is 0 Å². The van der Waals surface area contributed by atoms with E-state index in [9.17, 15) is 15.3 Å². The predicted octanol–water partition coefficient (Wildman–Crippen LogP) is 2.85. The summed E-state index contributed by atoms with van der Waals surface area (Å²) in [5.74, 6) is 0.282. The van der Waals surface area contributed by atoms with Crippen LogP contribution in [0.4, 0.5) is 0 Å². The van der Waals surface area contributed by atoms with E-state index in [0.717, 1.165) is 25.7 Å². The van der Waals surface area contributed by atoms with Gasteiger partial charge in [0.25, 0.3) is 0 Å². The summed E-state index contributed by atoms with van der Waals surface area (Å²) in [5, 5.41) is 20.6. The maximum Gasteiger partial charge on any atom is 0.336 e. The zero-order chi connectivity index (χ0) is 18.0. The Bertz CT molecular complexity index is 664. The number of fused-ring (bicyclic) bond motifs is 3. The van der Waals surface area contributed by atoms with Crippen LogP contribution in [-0.4, -0.2) is 41.7 Å². The van der Waals surface area contributed by atoms with E-state index in [1.807, 2.05) is 13.0 Å². The second-order valence-electron chi connectivity index (χ2n) is 9.08. The number of aliphatic hydroxyl groups excluding tert-OH is 1. The molecule has 26 heavy (non-hydrogen) atoms. The number of ether oxygens (including phenoxy) is 2. The van der Waals surface area contributed by atoms with E-state index < -0.39 is 5.41 Å². The first-order valence-corrected chi connectivity index (χ1v) is 9.46. The average molecular weight is 442 g/mol. The van der Waals surface area contributed by atoms with E-state index in [0.29, 0.717) is 30.2 Å². The minimum atomic E-state index is -0.544. The Hall–Kier alpha value is -0.512. The molecular formula is C20H28MoNO4-.